The quantitative estimate of drug-likeness (QED) is 0.657. The standard InChI is InChI=1S/C19H21N3O5S/c1-12(23)20-17-11-16(8-9-18(17)27-2)28(25,26)22-15-5-3-4-13(10-15)19(24)21-14-6-7-14/h3-5,8-11,14,22H,6-7H2,1-2H3,(H,20,23)(H,21,24). The molecule has 3 N–H and O–H groups in total. The molecule has 0 radical (unpaired) electrons. The maximum Gasteiger partial charge on any atom is 0.261 e. The van der Waals surface area contributed by atoms with Crippen LogP contribution in [0.3, 0.4) is 0 Å². The second-order valence-electron chi connectivity index (χ2n) is 6.48. The molecule has 2 aromatic rings. The van der Waals surface area contributed by atoms with Gasteiger partial charge in [0.15, 0.2) is 0 Å². The number of nitrogens with one attached hydrogen (secondary N) is 3. The van der Waals surface area contributed by atoms with Crippen molar-refractivity contribution in [2.24, 2.45) is 0 Å². The van der Waals surface area contributed by atoms with E-state index in [1.807, 2.05) is 0 Å². The summed E-state index contributed by atoms with van der Waals surface area (Å²) in [5.74, 6) is -0.246. The average molecular weight is 403 g/mol. The minimum absolute atomic E-state index is 0.0510. The Morgan fingerprint density at radius 2 is 1.86 bits per heavy atom. The number of anilines is 2. The van der Waals surface area contributed by atoms with Crippen molar-refractivity contribution in [1.29, 1.82) is 0 Å². The molecule has 8 nitrogen and oxygen atoms in total. The van der Waals surface area contributed by atoms with Gasteiger partial charge < -0.3 is 15.4 Å². The highest BCUT2D eigenvalue weighted by Gasteiger charge is 2.24. The van der Waals surface area contributed by atoms with Gasteiger partial charge in [-0.25, -0.2) is 8.42 Å². The molecular weight excluding hydrogens is 382 g/mol. The Kier molecular flexibility index (Phi) is 5.55. The zero-order valence-corrected chi connectivity index (χ0v) is 16.3. The summed E-state index contributed by atoms with van der Waals surface area (Å²) in [7, 11) is -2.52. The lowest BCUT2D eigenvalue weighted by molar-refractivity contribution is -0.114. The van der Waals surface area contributed by atoms with Gasteiger partial charge in [0.2, 0.25) is 5.91 Å². The van der Waals surface area contributed by atoms with E-state index in [2.05, 4.69) is 15.4 Å². The van der Waals surface area contributed by atoms with Crippen LogP contribution in [0.25, 0.3) is 0 Å². The molecule has 0 aliphatic heterocycles. The van der Waals surface area contributed by atoms with Crippen LogP contribution in [-0.4, -0.2) is 33.4 Å². The van der Waals surface area contributed by atoms with Gasteiger partial charge in [-0.3, -0.25) is 14.3 Å². The predicted octanol–water partition coefficient (Wildman–Crippen LogP) is 2.35. The first kappa shape index (κ1) is 19.7. The van der Waals surface area contributed by atoms with E-state index in [1.165, 1.54) is 38.3 Å². The Morgan fingerprint density at radius 3 is 2.50 bits per heavy atom. The van der Waals surface area contributed by atoms with E-state index in [0.29, 0.717) is 11.3 Å². The second kappa shape index (κ2) is 7.89. The third kappa shape index (κ3) is 4.80. The maximum atomic E-state index is 12.7. The van der Waals surface area contributed by atoms with Gasteiger partial charge in [0.1, 0.15) is 5.75 Å². The molecule has 3 rings (SSSR count). The molecular formula is C19H21N3O5S. The number of amides is 2. The number of hydrogen-bond acceptors (Lipinski definition) is 5. The molecule has 0 aromatic heterocycles. The van der Waals surface area contributed by atoms with Crippen LogP contribution in [0.15, 0.2) is 47.4 Å². The molecule has 0 unspecified atom stereocenters. The van der Waals surface area contributed by atoms with Crippen molar-refractivity contribution in [1.82, 2.24) is 5.32 Å². The van der Waals surface area contributed by atoms with E-state index >= 15 is 0 Å². The van der Waals surface area contributed by atoms with Crippen LogP contribution in [0.5, 0.6) is 5.75 Å². The van der Waals surface area contributed by atoms with Crippen LogP contribution in [0.1, 0.15) is 30.1 Å². The van der Waals surface area contributed by atoms with Gasteiger partial charge in [0.25, 0.3) is 15.9 Å². The molecule has 0 bridgehead atoms. The molecule has 9 heteroatoms. The van der Waals surface area contributed by atoms with Gasteiger partial charge in [0.05, 0.1) is 17.7 Å². The number of methoxy groups -OCH3 is 1. The van der Waals surface area contributed by atoms with Crippen molar-refractivity contribution in [3.8, 4) is 5.75 Å². The molecule has 1 fully saturated rings. The number of rotatable bonds is 7. The molecule has 1 aliphatic carbocycles. The lowest BCUT2D eigenvalue weighted by atomic mass is 10.2. The SMILES string of the molecule is COc1ccc(S(=O)(=O)Nc2cccc(C(=O)NC3CC3)c2)cc1NC(C)=O. The average Bonchev–Trinajstić information content (AvgIpc) is 3.45. The van der Waals surface area contributed by atoms with E-state index in [0.717, 1.165) is 12.8 Å². The molecule has 2 amide bonds. The summed E-state index contributed by atoms with van der Waals surface area (Å²) in [5.41, 5.74) is 0.886. The third-order valence-electron chi connectivity index (χ3n) is 4.08. The predicted molar refractivity (Wildman–Crippen MR) is 105 cm³/mol. The molecule has 0 spiro atoms. The molecule has 0 saturated heterocycles. The fourth-order valence-corrected chi connectivity index (χ4v) is 3.65. The maximum absolute atomic E-state index is 12.7. The molecule has 1 aliphatic rings. The molecule has 28 heavy (non-hydrogen) atoms. The number of benzene rings is 2. The number of ether oxygens (including phenoxy) is 1. The number of carbonyl (C=O) groups excluding carboxylic acids is 2. The number of hydrogen-bond donors (Lipinski definition) is 3. The summed E-state index contributed by atoms with van der Waals surface area (Å²) in [5, 5.41) is 5.40. The lowest BCUT2D eigenvalue weighted by Gasteiger charge is -2.13. The van der Waals surface area contributed by atoms with Crippen LogP contribution in [0, 0.1) is 0 Å². The van der Waals surface area contributed by atoms with Crippen LogP contribution in [0.4, 0.5) is 11.4 Å². The fourth-order valence-electron chi connectivity index (χ4n) is 2.58. The molecule has 2 aromatic carbocycles. The summed E-state index contributed by atoms with van der Waals surface area (Å²) >= 11 is 0. The minimum atomic E-state index is -3.94. The summed E-state index contributed by atoms with van der Waals surface area (Å²) in [4.78, 5) is 23.5. The van der Waals surface area contributed by atoms with E-state index in [9.17, 15) is 18.0 Å². The van der Waals surface area contributed by atoms with Gasteiger partial charge >= 0.3 is 0 Å². The van der Waals surface area contributed by atoms with Gasteiger partial charge in [-0.1, -0.05) is 6.07 Å². The van der Waals surface area contributed by atoms with E-state index in [4.69, 9.17) is 4.74 Å². The zero-order valence-electron chi connectivity index (χ0n) is 15.5. The first-order valence-corrected chi connectivity index (χ1v) is 10.2. The summed E-state index contributed by atoms with van der Waals surface area (Å²) < 4.78 is 33.1. The molecule has 0 heterocycles. The van der Waals surface area contributed by atoms with E-state index < -0.39 is 10.0 Å². The van der Waals surface area contributed by atoms with Gasteiger partial charge in [-0.2, -0.15) is 0 Å². The fraction of sp³-hybridized carbons (Fsp3) is 0.263. The highest BCUT2D eigenvalue weighted by Crippen LogP contribution is 2.28. The van der Waals surface area contributed by atoms with Crippen molar-refractivity contribution in [3.63, 3.8) is 0 Å². The van der Waals surface area contributed by atoms with Crippen molar-refractivity contribution >= 4 is 33.2 Å². The Labute approximate surface area is 163 Å². The van der Waals surface area contributed by atoms with Gasteiger partial charge in [0, 0.05) is 24.2 Å². The topological polar surface area (TPSA) is 114 Å². The molecule has 148 valence electrons. The normalized spacial score (nSPS) is 13.5. The second-order valence-corrected chi connectivity index (χ2v) is 8.16. The first-order valence-electron chi connectivity index (χ1n) is 8.68. The van der Waals surface area contributed by atoms with E-state index in [-0.39, 0.29) is 34.1 Å². The number of sulfonamides is 1. The highest BCUT2D eigenvalue weighted by molar-refractivity contribution is 7.92. The van der Waals surface area contributed by atoms with E-state index in [1.54, 1.807) is 18.2 Å². The largest absolute Gasteiger partial charge is 0.495 e. The third-order valence-corrected chi connectivity index (χ3v) is 5.46. The number of carbonyl (C=O) groups is 2. The molecule has 0 atom stereocenters. The summed E-state index contributed by atoms with van der Waals surface area (Å²) in [6, 6.07) is 10.6. The van der Waals surface area contributed by atoms with Crippen LogP contribution in [0.2, 0.25) is 0 Å². The van der Waals surface area contributed by atoms with Crippen molar-refractivity contribution in [2.45, 2.75) is 30.7 Å². The Bertz CT molecular complexity index is 1020. The first-order chi connectivity index (χ1) is 13.3. The summed E-state index contributed by atoms with van der Waals surface area (Å²) in [6.07, 6.45) is 1.93. The lowest BCUT2D eigenvalue weighted by Crippen LogP contribution is -2.25. The van der Waals surface area contributed by atoms with Gasteiger partial charge in [-0.15, -0.1) is 0 Å². The van der Waals surface area contributed by atoms with Crippen LogP contribution < -0.4 is 20.1 Å². The highest BCUT2D eigenvalue weighted by atomic mass is 32.2. The monoisotopic (exact) mass is 403 g/mol. The Balaban J connectivity index is 1.83. The smallest absolute Gasteiger partial charge is 0.261 e. The van der Waals surface area contributed by atoms with Crippen molar-refractivity contribution in [2.75, 3.05) is 17.1 Å². The van der Waals surface area contributed by atoms with Crippen LogP contribution in [-0.2, 0) is 14.8 Å². The zero-order chi connectivity index (χ0) is 20.3. The van der Waals surface area contributed by atoms with Gasteiger partial charge in [-0.05, 0) is 49.2 Å². The van der Waals surface area contributed by atoms with Crippen LogP contribution >= 0.6 is 0 Å². The Morgan fingerprint density at radius 1 is 1.11 bits per heavy atom. The minimum Gasteiger partial charge on any atom is -0.495 e. The summed E-state index contributed by atoms with van der Waals surface area (Å²) in [6.45, 7) is 1.32. The van der Waals surface area contributed by atoms with Crippen molar-refractivity contribution < 1.29 is 22.7 Å². The Hall–Kier alpha value is -3.07. The van der Waals surface area contributed by atoms with Crippen molar-refractivity contribution in [3.05, 3.63) is 48.0 Å². The molecule has 1 saturated carbocycles.